The number of aromatic nitrogens is 1. The Balaban J connectivity index is 3.57. The smallest absolute Gasteiger partial charge is 0.403 e. The maximum absolute atomic E-state index is 12.7. The van der Waals surface area contributed by atoms with Crippen LogP contribution in [0.15, 0.2) is 6.07 Å². The topological polar surface area (TPSA) is 39.2 Å². The highest BCUT2D eigenvalue weighted by Gasteiger charge is 2.42. The lowest BCUT2D eigenvalue weighted by Gasteiger charge is -2.17. The molecule has 1 heterocycles. The monoisotopic (exact) mass is 341 g/mol. The van der Waals surface area contributed by atoms with Gasteiger partial charge in [-0.05, 0) is 17.7 Å². The van der Waals surface area contributed by atoms with Gasteiger partial charge in [-0.15, -0.1) is 24.8 Å². The molecule has 0 aliphatic rings. The Kier molecular flexibility index (Phi) is 4.75. The molecule has 0 aromatic carbocycles. The lowest BCUT2D eigenvalue weighted by Crippen LogP contribution is -2.23. The van der Waals surface area contributed by atoms with Crippen LogP contribution in [0.5, 0.6) is 5.75 Å². The summed E-state index contributed by atoms with van der Waals surface area (Å²) in [6, 6.07) is 0.596. The molecule has 0 aliphatic carbocycles. The molecule has 0 N–H and O–H groups in total. The van der Waals surface area contributed by atoms with Gasteiger partial charge in [0.15, 0.2) is 11.4 Å². The van der Waals surface area contributed by atoms with E-state index in [-0.39, 0.29) is 0 Å². The third-order valence-electron chi connectivity index (χ3n) is 1.88. The van der Waals surface area contributed by atoms with Crippen LogP contribution in [0.1, 0.15) is 21.7 Å². The standard InChI is InChI=1S/C9H3Cl2F6NO2/c10-2-3-1-4(7(11)19)18-6(8(12,13)14)5(3)20-9(15,16)17/h1H,2H2. The lowest BCUT2D eigenvalue weighted by atomic mass is 10.1. The van der Waals surface area contributed by atoms with Crippen LogP contribution in [0, 0.1) is 0 Å². The summed E-state index contributed by atoms with van der Waals surface area (Å²) in [6.07, 6.45) is -10.7. The predicted molar refractivity (Wildman–Crippen MR) is 55.7 cm³/mol. The molecule has 0 radical (unpaired) electrons. The summed E-state index contributed by atoms with van der Waals surface area (Å²) in [7, 11) is 0. The van der Waals surface area contributed by atoms with Crippen molar-refractivity contribution >= 4 is 28.4 Å². The molecule has 1 aromatic heterocycles. The van der Waals surface area contributed by atoms with Gasteiger partial charge in [-0.3, -0.25) is 4.79 Å². The first kappa shape index (κ1) is 16.8. The summed E-state index contributed by atoms with van der Waals surface area (Å²) < 4.78 is 77.7. The average Bonchev–Trinajstić information content (AvgIpc) is 2.25. The van der Waals surface area contributed by atoms with Crippen molar-refractivity contribution in [2.45, 2.75) is 18.4 Å². The summed E-state index contributed by atoms with van der Waals surface area (Å²) in [6.45, 7) is 0. The summed E-state index contributed by atoms with van der Waals surface area (Å²) in [5.74, 6) is -2.38. The first-order valence-corrected chi connectivity index (χ1v) is 5.49. The molecule has 0 saturated carbocycles. The summed E-state index contributed by atoms with van der Waals surface area (Å²) in [5, 5.41) is -1.37. The Morgan fingerprint density at radius 1 is 1.25 bits per heavy atom. The van der Waals surface area contributed by atoms with Crippen LogP contribution in [-0.2, 0) is 12.1 Å². The third-order valence-corrected chi connectivity index (χ3v) is 2.36. The van der Waals surface area contributed by atoms with Gasteiger partial charge in [0.1, 0.15) is 5.69 Å². The van der Waals surface area contributed by atoms with E-state index in [1.54, 1.807) is 0 Å². The molecule has 0 bridgehead atoms. The molecule has 1 aromatic rings. The van der Waals surface area contributed by atoms with Crippen molar-refractivity contribution in [3.8, 4) is 5.75 Å². The number of halogens is 8. The maximum Gasteiger partial charge on any atom is 0.573 e. The van der Waals surface area contributed by atoms with E-state index in [1.165, 1.54) is 0 Å². The van der Waals surface area contributed by atoms with Crippen molar-refractivity contribution in [1.82, 2.24) is 4.98 Å². The van der Waals surface area contributed by atoms with Gasteiger partial charge in [0.05, 0.1) is 5.88 Å². The van der Waals surface area contributed by atoms with Crippen molar-refractivity contribution in [3.63, 3.8) is 0 Å². The Morgan fingerprint density at radius 2 is 1.80 bits per heavy atom. The number of carbonyl (C=O) groups is 1. The Bertz CT molecular complexity index is 528. The van der Waals surface area contributed by atoms with Gasteiger partial charge >= 0.3 is 12.5 Å². The fourth-order valence-electron chi connectivity index (χ4n) is 1.21. The van der Waals surface area contributed by atoms with Crippen molar-refractivity contribution < 1.29 is 35.9 Å². The van der Waals surface area contributed by atoms with Crippen molar-refractivity contribution in [3.05, 3.63) is 23.0 Å². The van der Waals surface area contributed by atoms with Gasteiger partial charge in [0, 0.05) is 5.56 Å². The number of pyridine rings is 1. The third kappa shape index (κ3) is 4.14. The van der Waals surface area contributed by atoms with Crippen LogP contribution in [0.3, 0.4) is 0 Å². The number of rotatable bonds is 3. The van der Waals surface area contributed by atoms with Crippen molar-refractivity contribution in [1.29, 1.82) is 0 Å². The predicted octanol–water partition coefficient (Wildman–Crippen LogP) is 4.12. The number of hydrogen-bond donors (Lipinski definition) is 0. The highest BCUT2D eigenvalue weighted by atomic mass is 35.5. The molecule has 0 saturated heterocycles. The number of nitrogens with zero attached hydrogens (tertiary/aromatic N) is 1. The minimum Gasteiger partial charge on any atom is -0.403 e. The molecule has 0 atom stereocenters. The van der Waals surface area contributed by atoms with E-state index in [0.29, 0.717) is 6.07 Å². The molecule has 0 spiro atoms. The summed E-state index contributed by atoms with van der Waals surface area (Å²) in [4.78, 5) is 13.6. The van der Waals surface area contributed by atoms with Gasteiger partial charge < -0.3 is 4.74 Å². The largest absolute Gasteiger partial charge is 0.573 e. The van der Waals surface area contributed by atoms with Crippen LogP contribution < -0.4 is 4.74 Å². The molecule has 0 unspecified atom stereocenters. The summed E-state index contributed by atoms with van der Waals surface area (Å²) in [5.41, 5.74) is -3.63. The maximum atomic E-state index is 12.7. The van der Waals surface area contributed by atoms with Gasteiger partial charge in [-0.1, -0.05) is 0 Å². The Hall–Kier alpha value is -1.22. The van der Waals surface area contributed by atoms with Crippen molar-refractivity contribution in [2.24, 2.45) is 0 Å². The minimum absolute atomic E-state index is 0.596. The van der Waals surface area contributed by atoms with E-state index in [1.807, 2.05) is 0 Å². The zero-order chi connectivity index (χ0) is 15.7. The van der Waals surface area contributed by atoms with E-state index in [9.17, 15) is 31.1 Å². The first-order valence-electron chi connectivity index (χ1n) is 4.58. The molecular weight excluding hydrogens is 339 g/mol. The van der Waals surface area contributed by atoms with Gasteiger partial charge in [-0.2, -0.15) is 13.2 Å². The normalized spacial score (nSPS) is 12.4. The number of ether oxygens (including phenoxy) is 1. The number of hydrogen-bond acceptors (Lipinski definition) is 3. The van der Waals surface area contributed by atoms with Crippen LogP contribution in [0.2, 0.25) is 0 Å². The average molecular weight is 342 g/mol. The molecule has 11 heteroatoms. The molecule has 0 amide bonds. The molecule has 0 fully saturated rings. The van der Waals surface area contributed by atoms with Gasteiger partial charge in [0.2, 0.25) is 0 Å². The zero-order valence-electron chi connectivity index (χ0n) is 9.07. The van der Waals surface area contributed by atoms with E-state index in [0.717, 1.165) is 0 Å². The van der Waals surface area contributed by atoms with Crippen LogP contribution in [-0.4, -0.2) is 16.6 Å². The van der Waals surface area contributed by atoms with Crippen LogP contribution >= 0.6 is 23.2 Å². The summed E-state index contributed by atoms with van der Waals surface area (Å²) >= 11 is 10.2. The molecule has 0 aliphatic heterocycles. The fourth-order valence-corrected chi connectivity index (χ4v) is 1.50. The molecule has 20 heavy (non-hydrogen) atoms. The molecular formula is C9H3Cl2F6NO2. The quantitative estimate of drug-likeness (QED) is 0.471. The molecule has 112 valence electrons. The van der Waals surface area contributed by atoms with Crippen molar-refractivity contribution in [2.75, 3.05) is 0 Å². The Morgan fingerprint density at radius 3 is 2.15 bits per heavy atom. The highest BCUT2D eigenvalue weighted by Crippen LogP contribution is 2.40. The fraction of sp³-hybridized carbons (Fsp3) is 0.333. The second kappa shape index (κ2) is 5.65. The SMILES string of the molecule is O=C(Cl)c1cc(CCl)c(OC(F)(F)F)c(C(F)(F)F)n1. The lowest BCUT2D eigenvalue weighted by molar-refractivity contribution is -0.276. The van der Waals surface area contributed by atoms with E-state index < -0.39 is 46.4 Å². The van der Waals surface area contributed by atoms with E-state index in [2.05, 4.69) is 9.72 Å². The number of alkyl halides is 7. The number of carbonyl (C=O) groups excluding carboxylic acids is 1. The molecule has 3 nitrogen and oxygen atoms in total. The second-order valence-corrected chi connectivity index (χ2v) is 3.91. The van der Waals surface area contributed by atoms with Gasteiger partial charge in [-0.25, -0.2) is 4.98 Å². The highest BCUT2D eigenvalue weighted by molar-refractivity contribution is 6.67. The molecule has 1 rings (SSSR count). The van der Waals surface area contributed by atoms with Gasteiger partial charge in [0.25, 0.3) is 5.24 Å². The second-order valence-electron chi connectivity index (χ2n) is 3.30. The van der Waals surface area contributed by atoms with E-state index >= 15 is 0 Å². The zero-order valence-corrected chi connectivity index (χ0v) is 10.6. The van der Waals surface area contributed by atoms with Crippen LogP contribution in [0.4, 0.5) is 26.3 Å². The first-order chi connectivity index (χ1) is 8.95. The van der Waals surface area contributed by atoms with E-state index in [4.69, 9.17) is 23.2 Å². The van der Waals surface area contributed by atoms with Crippen LogP contribution in [0.25, 0.3) is 0 Å². The Labute approximate surface area is 117 Å². The minimum atomic E-state index is -5.38.